The normalized spacial score (nSPS) is 18.7. The van der Waals surface area contributed by atoms with E-state index in [9.17, 15) is 22.8 Å². The van der Waals surface area contributed by atoms with Crippen LogP contribution in [0.1, 0.15) is 28.3 Å². The number of nitrogens with one attached hydrogen (secondary N) is 1. The van der Waals surface area contributed by atoms with Crippen molar-refractivity contribution in [2.75, 3.05) is 14.2 Å². The molecule has 3 unspecified atom stereocenters. The molecule has 0 fully saturated rings. The van der Waals surface area contributed by atoms with Crippen molar-refractivity contribution < 1.29 is 32.2 Å². The fraction of sp³-hybridized carbons (Fsp3) is 0.273. The summed E-state index contributed by atoms with van der Waals surface area (Å²) in [6, 6.07) is 7.32. The summed E-state index contributed by atoms with van der Waals surface area (Å²) < 4.78 is 50.4. The van der Waals surface area contributed by atoms with E-state index in [1.54, 1.807) is 36.4 Å². The molecule has 3 atom stereocenters. The highest BCUT2D eigenvalue weighted by atomic mass is 19.2. The van der Waals surface area contributed by atoms with E-state index in [0.717, 1.165) is 5.56 Å². The third-order valence-electron chi connectivity index (χ3n) is 5.05. The lowest BCUT2D eigenvalue weighted by atomic mass is 9.85. The number of esters is 1. The lowest BCUT2D eigenvalue weighted by Crippen LogP contribution is -2.34. The first-order valence-electron chi connectivity index (χ1n) is 9.19. The van der Waals surface area contributed by atoms with Gasteiger partial charge in [-0.05, 0) is 36.1 Å². The number of allylic oxidation sites excluding steroid dienone is 1. The van der Waals surface area contributed by atoms with Crippen LogP contribution in [-0.4, -0.2) is 32.1 Å². The van der Waals surface area contributed by atoms with Gasteiger partial charge >= 0.3 is 5.97 Å². The van der Waals surface area contributed by atoms with Crippen molar-refractivity contribution >= 4 is 11.9 Å². The van der Waals surface area contributed by atoms with Crippen LogP contribution < -0.4 is 10.1 Å². The van der Waals surface area contributed by atoms with Crippen molar-refractivity contribution in [3.05, 3.63) is 77.1 Å². The number of benzene rings is 2. The van der Waals surface area contributed by atoms with Crippen LogP contribution in [0.5, 0.6) is 5.75 Å². The molecule has 1 aliphatic carbocycles. The number of ether oxygens (including phenoxy) is 2. The summed E-state index contributed by atoms with van der Waals surface area (Å²) in [6.45, 7) is 0. The molecule has 3 rings (SSSR count). The Bertz CT molecular complexity index is 975. The van der Waals surface area contributed by atoms with Gasteiger partial charge in [0.05, 0.1) is 25.7 Å². The number of rotatable bonds is 6. The van der Waals surface area contributed by atoms with Crippen LogP contribution in [0.25, 0.3) is 0 Å². The van der Waals surface area contributed by atoms with Gasteiger partial charge in [0.2, 0.25) is 0 Å². The summed E-state index contributed by atoms with van der Waals surface area (Å²) in [5, 5.41) is 2.57. The van der Waals surface area contributed by atoms with Crippen molar-refractivity contribution in [1.29, 1.82) is 0 Å². The number of halogens is 3. The third kappa shape index (κ3) is 4.48. The molecule has 8 heteroatoms. The molecule has 1 aliphatic rings. The largest absolute Gasteiger partial charge is 0.497 e. The molecule has 2 aromatic carbocycles. The predicted octanol–water partition coefficient (Wildman–Crippen LogP) is 3.74. The fourth-order valence-corrected chi connectivity index (χ4v) is 3.52. The Hall–Kier alpha value is -3.29. The topological polar surface area (TPSA) is 64.6 Å². The number of amides is 1. The van der Waals surface area contributed by atoms with Gasteiger partial charge in [-0.1, -0.05) is 24.3 Å². The highest BCUT2D eigenvalue weighted by Crippen LogP contribution is 2.35. The molecule has 0 bridgehead atoms. The second kappa shape index (κ2) is 9.02. The molecule has 0 saturated heterocycles. The molecule has 2 aromatic rings. The van der Waals surface area contributed by atoms with Gasteiger partial charge in [-0.3, -0.25) is 9.59 Å². The van der Waals surface area contributed by atoms with Crippen LogP contribution in [0.2, 0.25) is 0 Å². The molecule has 0 heterocycles. The summed E-state index contributed by atoms with van der Waals surface area (Å²) in [6.07, 6.45) is 3.81. The Balaban J connectivity index is 1.73. The molecule has 1 N–H and O–H groups in total. The first kappa shape index (κ1) is 21.4. The molecule has 0 aromatic heterocycles. The van der Waals surface area contributed by atoms with E-state index >= 15 is 0 Å². The molecule has 1 amide bonds. The summed E-state index contributed by atoms with van der Waals surface area (Å²) in [4.78, 5) is 24.7. The Labute approximate surface area is 171 Å². The smallest absolute Gasteiger partial charge is 0.313 e. The van der Waals surface area contributed by atoms with Gasteiger partial charge in [0, 0.05) is 12.1 Å². The first-order valence-corrected chi connectivity index (χ1v) is 9.19. The van der Waals surface area contributed by atoms with Crippen LogP contribution in [0.4, 0.5) is 13.2 Å². The van der Waals surface area contributed by atoms with Crippen molar-refractivity contribution in [3.8, 4) is 5.75 Å². The average molecular weight is 419 g/mol. The second-order valence-corrected chi connectivity index (χ2v) is 6.88. The van der Waals surface area contributed by atoms with Crippen molar-refractivity contribution in [2.45, 2.75) is 18.4 Å². The van der Waals surface area contributed by atoms with Gasteiger partial charge in [0.25, 0.3) is 5.91 Å². The van der Waals surface area contributed by atoms with Crippen LogP contribution in [0.15, 0.2) is 48.6 Å². The van der Waals surface area contributed by atoms with Crippen LogP contribution in [-0.2, 0) is 9.53 Å². The lowest BCUT2D eigenvalue weighted by molar-refractivity contribution is -0.143. The number of carbonyl (C=O) groups excluding carboxylic acids is 2. The van der Waals surface area contributed by atoms with Gasteiger partial charge in [0.1, 0.15) is 11.6 Å². The molecular weight excluding hydrogens is 399 g/mol. The van der Waals surface area contributed by atoms with E-state index in [1.165, 1.54) is 14.2 Å². The molecule has 0 radical (unpaired) electrons. The van der Waals surface area contributed by atoms with Crippen molar-refractivity contribution in [3.63, 3.8) is 0 Å². The molecule has 30 heavy (non-hydrogen) atoms. The zero-order valence-electron chi connectivity index (χ0n) is 16.3. The van der Waals surface area contributed by atoms with Gasteiger partial charge in [0.15, 0.2) is 11.6 Å². The van der Waals surface area contributed by atoms with Crippen LogP contribution in [0, 0.1) is 23.4 Å². The highest BCUT2D eigenvalue weighted by molar-refractivity contribution is 5.94. The van der Waals surface area contributed by atoms with Gasteiger partial charge in [-0.25, -0.2) is 13.2 Å². The molecular formula is C22H20F3NO4. The van der Waals surface area contributed by atoms with Crippen molar-refractivity contribution in [1.82, 2.24) is 5.32 Å². The van der Waals surface area contributed by atoms with E-state index in [-0.39, 0.29) is 5.92 Å². The highest BCUT2D eigenvalue weighted by Gasteiger charge is 2.34. The number of carbonyl (C=O) groups is 2. The van der Waals surface area contributed by atoms with E-state index in [1.807, 2.05) is 0 Å². The van der Waals surface area contributed by atoms with Gasteiger partial charge in [-0.2, -0.15) is 0 Å². The van der Waals surface area contributed by atoms with Gasteiger partial charge in [-0.15, -0.1) is 0 Å². The maximum Gasteiger partial charge on any atom is 0.313 e. The summed E-state index contributed by atoms with van der Waals surface area (Å²) in [5.41, 5.74) is 0.126. The number of methoxy groups -OCH3 is 2. The lowest BCUT2D eigenvalue weighted by Gasteiger charge is -2.22. The van der Waals surface area contributed by atoms with Crippen LogP contribution >= 0.6 is 0 Å². The van der Waals surface area contributed by atoms with E-state index in [0.29, 0.717) is 24.3 Å². The predicted molar refractivity (Wildman–Crippen MR) is 103 cm³/mol. The zero-order valence-corrected chi connectivity index (χ0v) is 16.3. The average Bonchev–Trinajstić information content (AvgIpc) is 3.18. The molecule has 158 valence electrons. The maximum atomic E-state index is 13.8. The van der Waals surface area contributed by atoms with E-state index < -0.39 is 46.9 Å². The summed E-state index contributed by atoms with van der Waals surface area (Å²) in [7, 11) is 2.83. The van der Waals surface area contributed by atoms with E-state index in [2.05, 4.69) is 5.32 Å². The monoisotopic (exact) mass is 419 g/mol. The molecule has 0 spiro atoms. The minimum Gasteiger partial charge on any atom is -0.497 e. The third-order valence-corrected chi connectivity index (χ3v) is 5.05. The standard InChI is InChI=1S/C22H20F3NO4/c1-29-15-7-4-12(5-8-15)20(22(28)30-2)13-3-6-14(9-13)26-21(27)16-10-18(24)19(25)11-17(16)23/h3-8,10-11,13-14,20H,9H2,1-2H3,(H,26,27). The fourth-order valence-electron chi connectivity index (χ4n) is 3.52. The summed E-state index contributed by atoms with van der Waals surface area (Å²) in [5.74, 6) is -5.41. The van der Waals surface area contributed by atoms with Gasteiger partial charge < -0.3 is 14.8 Å². The molecule has 5 nitrogen and oxygen atoms in total. The minimum absolute atomic E-state index is 0.286. The Morgan fingerprint density at radius 1 is 1.00 bits per heavy atom. The second-order valence-electron chi connectivity index (χ2n) is 6.88. The SMILES string of the molecule is COC(=O)C(c1ccc(OC)cc1)C1C=CC(NC(=O)c2cc(F)c(F)cc2F)C1. The minimum atomic E-state index is -1.37. The number of hydrogen-bond donors (Lipinski definition) is 1. The van der Waals surface area contributed by atoms with E-state index in [4.69, 9.17) is 9.47 Å². The quantitative estimate of drug-likeness (QED) is 0.440. The maximum absolute atomic E-state index is 13.8. The Morgan fingerprint density at radius 2 is 1.67 bits per heavy atom. The molecule has 0 saturated carbocycles. The zero-order chi connectivity index (χ0) is 21.8. The van der Waals surface area contributed by atoms with Crippen LogP contribution in [0.3, 0.4) is 0 Å². The van der Waals surface area contributed by atoms with Crippen molar-refractivity contribution in [2.24, 2.45) is 5.92 Å². The number of hydrogen-bond acceptors (Lipinski definition) is 4. The Morgan fingerprint density at radius 3 is 2.30 bits per heavy atom. The summed E-state index contributed by atoms with van der Waals surface area (Å²) >= 11 is 0. The Kier molecular flexibility index (Phi) is 6.44. The first-order chi connectivity index (χ1) is 14.3. The molecule has 0 aliphatic heterocycles.